The summed E-state index contributed by atoms with van der Waals surface area (Å²) in [5, 5.41) is 9.01. The third-order valence-electron chi connectivity index (χ3n) is 1.31. The van der Waals surface area contributed by atoms with Crippen molar-refractivity contribution in [1.82, 2.24) is 0 Å². The van der Waals surface area contributed by atoms with Crippen LogP contribution in [0.15, 0.2) is 16.3 Å². The maximum Gasteiger partial charge on any atom is 0.0940 e. The van der Waals surface area contributed by atoms with Crippen molar-refractivity contribution < 1.29 is 5.11 Å². The van der Waals surface area contributed by atoms with Crippen LogP contribution in [0.1, 0.15) is 13.8 Å². The second-order valence-corrected chi connectivity index (χ2v) is 6.80. The molecule has 1 heterocycles. The Balaban J connectivity index is 2.63. The molecule has 0 radical (unpaired) electrons. The van der Waals surface area contributed by atoms with Crippen LogP contribution in [-0.4, -0.2) is 16.5 Å². The van der Waals surface area contributed by atoms with Crippen molar-refractivity contribution in [3.8, 4) is 0 Å². The summed E-state index contributed by atoms with van der Waals surface area (Å²) in [6.07, 6.45) is 0. The van der Waals surface area contributed by atoms with Gasteiger partial charge in [-0.3, -0.25) is 0 Å². The van der Waals surface area contributed by atoms with Gasteiger partial charge in [0.1, 0.15) is 0 Å². The smallest absolute Gasteiger partial charge is 0.0940 e. The van der Waals surface area contributed by atoms with Gasteiger partial charge in [-0.25, -0.2) is 0 Å². The maximum absolute atomic E-state index is 9.01. The first-order chi connectivity index (χ1) is 5.53. The number of hydrogen-bond acceptors (Lipinski definition) is 3. The van der Waals surface area contributed by atoms with Crippen LogP contribution in [0.2, 0.25) is 4.34 Å². The number of aliphatic hydroxyl groups excluding tert-OH is 1. The normalized spacial score (nSPS) is 12.0. The van der Waals surface area contributed by atoms with E-state index in [9.17, 15) is 0 Å². The summed E-state index contributed by atoms with van der Waals surface area (Å²) in [6, 6.07) is 3.86. The molecule has 0 amide bonds. The van der Waals surface area contributed by atoms with Gasteiger partial charge in [0.2, 0.25) is 0 Å². The van der Waals surface area contributed by atoms with Crippen molar-refractivity contribution in [1.29, 1.82) is 0 Å². The fraction of sp³-hybridized carbons (Fsp3) is 0.500. The van der Waals surface area contributed by atoms with E-state index in [0.717, 1.165) is 8.55 Å². The summed E-state index contributed by atoms with van der Waals surface area (Å²) in [4.78, 5) is 0. The van der Waals surface area contributed by atoms with Crippen molar-refractivity contribution in [2.45, 2.75) is 22.8 Å². The molecule has 4 heteroatoms. The Morgan fingerprint density at radius 1 is 1.58 bits per heavy atom. The van der Waals surface area contributed by atoms with Crippen LogP contribution in [0, 0.1) is 0 Å². The van der Waals surface area contributed by atoms with E-state index in [0.29, 0.717) is 0 Å². The molecule has 68 valence electrons. The molecule has 0 fully saturated rings. The average molecular weight is 223 g/mol. The van der Waals surface area contributed by atoms with Gasteiger partial charge in [0.05, 0.1) is 15.2 Å². The molecule has 1 aromatic rings. The molecule has 0 bridgehead atoms. The number of thioether (sulfide) groups is 1. The predicted molar refractivity (Wildman–Crippen MR) is 56.4 cm³/mol. The molecule has 0 unspecified atom stereocenters. The van der Waals surface area contributed by atoms with E-state index in [1.54, 1.807) is 23.1 Å². The average Bonchev–Trinajstić information content (AvgIpc) is 2.35. The first-order valence-corrected chi connectivity index (χ1v) is 5.60. The van der Waals surface area contributed by atoms with Crippen LogP contribution < -0.4 is 0 Å². The van der Waals surface area contributed by atoms with Crippen LogP contribution in [-0.2, 0) is 0 Å². The van der Waals surface area contributed by atoms with E-state index in [2.05, 4.69) is 0 Å². The minimum atomic E-state index is -0.117. The van der Waals surface area contributed by atoms with Crippen LogP contribution >= 0.6 is 34.7 Å². The maximum atomic E-state index is 9.01. The summed E-state index contributed by atoms with van der Waals surface area (Å²) in [6.45, 7) is 4.18. The van der Waals surface area contributed by atoms with E-state index in [1.165, 1.54) is 0 Å². The van der Waals surface area contributed by atoms with Gasteiger partial charge in [-0.05, 0) is 26.0 Å². The molecule has 0 aliphatic carbocycles. The van der Waals surface area contributed by atoms with E-state index in [1.807, 2.05) is 26.0 Å². The zero-order chi connectivity index (χ0) is 9.19. The molecule has 0 aliphatic heterocycles. The summed E-state index contributed by atoms with van der Waals surface area (Å²) in [5.41, 5.74) is 0. The van der Waals surface area contributed by atoms with E-state index in [-0.39, 0.29) is 11.4 Å². The highest BCUT2D eigenvalue weighted by molar-refractivity contribution is 8.02. The Hall–Kier alpha value is 0.300. The molecular weight excluding hydrogens is 212 g/mol. The van der Waals surface area contributed by atoms with Crippen molar-refractivity contribution in [2.24, 2.45) is 0 Å². The van der Waals surface area contributed by atoms with Gasteiger partial charge in [0.15, 0.2) is 0 Å². The monoisotopic (exact) mass is 222 g/mol. The lowest BCUT2D eigenvalue weighted by Gasteiger charge is -2.19. The van der Waals surface area contributed by atoms with Crippen LogP contribution in [0.25, 0.3) is 0 Å². The third-order valence-corrected chi connectivity index (χ3v) is 3.85. The Morgan fingerprint density at radius 3 is 2.67 bits per heavy atom. The highest BCUT2D eigenvalue weighted by Crippen LogP contribution is 2.37. The summed E-state index contributed by atoms with van der Waals surface area (Å²) in [7, 11) is 0. The molecule has 0 saturated carbocycles. The quantitative estimate of drug-likeness (QED) is 0.793. The largest absolute Gasteiger partial charge is 0.395 e. The second-order valence-electron chi connectivity index (χ2n) is 3.08. The molecule has 1 nitrogen and oxygen atoms in total. The number of aliphatic hydroxyl groups is 1. The van der Waals surface area contributed by atoms with E-state index < -0.39 is 0 Å². The predicted octanol–water partition coefficient (Wildman–Crippen LogP) is 3.26. The van der Waals surface area contributed by atoms with Gasteiger partial charge >= 0.3 is 0 Å². The second kappa shape index (κ2) is 4.01. The molecule has 1 N–H and O–H groups in total. The standard InChI is InChI=1S/C8H11ClOS2/c1-8(2,5-10)12-7-4-3-6(9)11-7/h3-4,10H,5H2,1-2H3. The highest BCUT2D eigenvalue weighted by Gasteiger charge is 2.18. The molecule has 12 heavy (non-hydrogen) atoms. The zero-order valence-corrected chi connectivity index (χ0v) is 9.39. The fourth-order valence-electron chi connectivity index (χ4n) is 0.657. The molecule has 0 aliphatic rings. The molecular formula is C8H11ClOS2. The topological polar surface area (TPSA) is 20.2 Å². The number of halogens is 1. The number of thiophene rings is 1. The zero-order valence-electron chi connectivity index (χ0n) is 7.00. The van der Waals surface area contributed by atoms with Gasteiger partial charge in [-0.15, -0.1) is 23.1 Å². The molecule has 0 saturated heterocycles. The number of rotatable bonds is 3. The van der Waals surface area contributed by atoms with Crippen molar-refractivity contribution >= 4 is 34.7 Å². The summed E-state index contributed by atoms with van der Waals surface area (Å²) < 4.78 is 1.83. The highest BCUT2D eigenvalue weighted by atomic mass is 35.5. The van der Waals surface area contributed by atoms with Gasteiger partial charge in [-0.2, -0.15) is 0 Å². The van der Waals surface area contributed by atoms with Gasteiger partial charge < -0.3 is 5.11 Å². The lowest BCUT2D eigenvalue weighted by molar-refractivity contribution is 0.265. The van der Waals surface area contributed by atoms with Crippen LogP contribution in [0.5, 0.6) is 0 Å². The molecule has 1 rings (SSSR count). The van der Waals surface area contributed by atoms with Crippen molar-refractivity contribution in [3.05, 3.63) is 16.5 Å². The SMILES string of the molecule is CC(C)(CO)Sc1ccc(Cl)s1. The van der Waals surface area contributed by atoms with E-state index >= 15 is 0 Å². The summed E-state index contributed by atoms with van der Waals surface area (Å²) >= 11 is 8.97. The van der Waals surface area contributed by atoms with Gasteiger partial charge in [-0.1, -0.05) is 11.6 Å². The Kier molecular flexibility index (Phi) is 3.47. The van der Waals surface area contributed by atoms with Gasteiger partial charge in [0.25, 0.3) is 0 Å². The summed E-state index contributed by atoms with van der Waals surface area (Å²) in [5.74, 6) is 0. The molecule has 1 aromatic heterocycles. The third kappa shape index (κ3) is 2.98. The Labute approximate surface area is 85.8 Å². The van der Waals surface area contributed by atoms with E-state index in [4.69, 9.17) is 16.7 Å². The first kappa shape index (κ1) is 10.4. The van der Waals surface area contributed by atoms with Crippen molar-refractivity contribution in [3.63, 3.8) is 0 Å². The Bertz CT molecular complexity index is 257. The van der Waals surface area contributed by atoms with Crippen LogP contribution in [0.3, 0.4) is 0 Å². The fourth-order valence-corrected chi connectivity index (χ4v) is 3.43. The first-order valence-electron chi connectivity index (χ1n) is 3.59. The van der Waals surface area contributed by atoms with Gasteiger partial charge in [0, 0.05) is 4.75 Å². The van der Waals surface area contributed by atoms with Crippen LogP contribution in [0.4, 0.5) is 0 Å². The molecule has 0 aromatic carbocycles. The minimum absolute atomic E-state index is 0.117. The molecule has 0 atom stereocenters. The lowest BCUT2D eigenvalue weighted by Crippen LogP contribution is -2.19. The lowest BCUT2D eigenvalue weighted by atomic mass is 10.2. The van der Waals surface area contributed by atoms with Crippen molar-refractivity contribution in [2.75, 3.05) is 6.61 Å². The minimum Gasteiger partial charge on any atom is -0.395 e. The Morgan fingerprint density at radius 2 is 2.25 bits per heavy atom. The number of hydrogen-bond donors (Lipinski definition) is 1. The molecule has 0 spiro atoms.